The highest BCUT2D eigenvalue weighted by atomic mass is 16.5. The summed E-state index contributed by atoms with van der Waals surface area (Å²) in [6.07, 6.45) is 5.26. The van der Waals surface area contributed by atoms with Crippen LogP contribution < -0.4 is 10.1 Å². The van der Waals surface area contributed by atoms with Crippen molar-refractivity contribution in [3.8, 4) is 22.6 Å². The molecule has 6 rings (SSSR count). The summed E-state index contributed by atoms with van der Waals surface area (Å²) in [6.45, 7) is 0. The van der Waals surface area contributed by atoms with Crippen molar-refractivity contribution in [3.05, 3.63) is 114 Å². The smallest absolute Gasteiger partial charge is 0.255 e. The molecule has 0 unspecified atom stereocenters. The number of ether oxygens (including phenoxy) is 1. The molecule has 7 heteroatoms. The number of aromatic nitrogens is 2. The van der Waals surface area contributed by atoms with Crippen molar-refractivity contribution in [3.63, 3.8) is 0 Å². The Labute approximate surface area is 212 Å². The number of carbonyl (C=O) groups excluding carboxylic acids is 2. The standard InChI is InChI=1S/C30H21N3O4/c1-33-17-20(16-25-28(35)27-23(34)11-6-12-24(27)37-25)26-22(13-14-31-29(26)33)18-7-5-8-19(15-18)30(36)32-21-9-3-2-4-10-21/h2-17,34H,1H3,(H,32,36)/b25-16-. The third-order valence-electron chi connectivity index (χ3n) is 6.32. The normalized spacial score (nSPS) is 13.5. The minimum absolute atomic E-state index is 0.114. The van der Waals surface area contributed by atoms with E-state index in [4.69, 9.17) is 4.74 Å². The maximum absolute atomic E-state index is 13.0. The molecule has 0 saturated carbocycles. The lowest BCUT2D eigenvalue weighted by Crippen LogP contribution is -2.11. The maximum atomic E-state index is 13.0. The summed E-state index contributed by atoms with van der Waals surface area (Å²) in [5.74, 6) is -0.259. The lowest BCUT2D eigenvalue weighted by molar-refractivity contribution is 0.101. The number of pyridine rings is 1. The molecule has 2 aromatic heterocycles. The molecule has 0 saturated heterocycles. The number of phenols is 1. The van der Waals surface area contributed by atoms with Gasteiger partial charge in [0.15, 0.2) is 5.76 Å². The zero-order valence-corrected chi connectivity index (χ0v) is 19.8. The fourth-order valence-corrected chi connectivity index (χ4v) is 4.60. The number of hydrogen-bond acceptors (Lipinski definition) is 5. The summed E-state index contributed by atoms with van der Waals surface area (Å²) in [5.41, 5.74) is 4.53. The average molecular weight is 488 g/mol. The summed E-state index contributed by atoms with van der Waals surface area (Å²) in [4.78, 5) is 30.4. The largest absolute Gasteiger partial charge is 0.507 e. The molecule has 7 nitrogen and oxygen atoms in total. The van der Waals surface area contributed by atoms with Crippen molar-refractivity contribution in [1.82, 2.24) is 9.55 Å². The number of nitrogens with zero attached hydrogens (tertiary/aromatic N) is 2. The van der Waals surface area contributed by atoms with Crippen molar-refractivity contribution in [2.75, 3.05) is 5.32 Å². The molecule has 180 valence electrons. The molecular formula is C30H21N3O4. The van der Waals surface area contributed by atoms with Gasteiger partial charge >= 0.3 is 0 Å². The second-order valence-corrected chi connectivity index (χ2v) is 8.74. The van der Waals surface area contributed by atoms with Gasteiger partial charge in [0.2, 0.25) is 5.78 Å². The number of carbonyl (C=O) groups is 2. The van der Waals surface area contributed by atoms with Crippen molar-refractivity contribution in [2.45, 2.75) is 0 Å². The van der Waals surface area contributed by atoms with E-state index in [0.29, 0.717) is 17.0 Å². The monoisotopic (exact) mass is 487 g/mol. The SMILES string of the molecule is Cn1cc(/C=C2\Oc3cccc(O)c3C2=O)c2c(-c3cccc(C(=O)Nc4ccccc4)c3)ccnc21. The topological polar surface area (TPSA) is 93.5 Å². The first-order valence-corrected chi connectivity index (χ1v) is 11.7. The van der Waals surface area contributed by atoms with Gasteiger partial charge in [-0.1, -0.05) is 36.4 Å². The number of allylic oxidation sites excluding steroid dienone is 1. The fraction of sp³-hybridized carbons (Fsp3) is 0.0333. The van der Waals surface area contributed by atoms with Crippen molar-refractivity contribution in [1.29, 1.82) is 0 Å². The summed E-state index contributed by atoms with van der Waals surface area (Å²) in [6, 6.07) is 23.3. The molecular weight excluding hydrogens is 466 g/mol. The zero-order chi connectivity index (χ0) is 25.5. The third kappa shape index (κ3) is 3.92. The van der Waals surface area contributed by atoms with Crippen LogP contribution in [0.15, 0.2) is 97.0 Å². The Morgan fingerprint density at radius 1 is 1.03 bits per heavy atom. The van der Waals surface area contributed by atoms with Crippen molar-refractivity contribution < 1.29 is 19.4 Å². The Balaban J connectivity index is 1.42. The average Bonchev–Trinajstić information content (AvgIpc) is 3.41. The summed E-state index contributed by atoms with van der Waals surface area (Å²) >= 11 is 0. The Kier molecular flexibility index (Phi) is 5.31. The van der Waals surface area contributed by atoms with Crippen LogP contribution in [0.25, 0.3) is 28.2 Å². The molecule has 0 atom stereocenters. The van der Waals surface area contributed by atoms with Crippen LogP contribution in [-0.4, -0.2) is 26.3 Å². The minimum atomic E-state index is -0.380. The van der Waals surface area contributed by atoms with Gasteiger partial charge in [0.25, 0.3) is 5.91 Å². The first kappa shape index (κ1) is 22.3. The number of fused-ring (bicyclic) bond motifs is 2. The summed E-state index contributed by atoms with van der Waals surface area (Å²) in [5, 5.41) is 13.9. The number of rotatable bonds is 4. The molecule has 1 aliphatic rings. The van der Waals surface area contributed by atoms with Crippen molar-refractivity contribution in [2.24, 2.45) is 7.05 Å². The maximum Gasteiger partial charge on any atom is 0.255 e. The van der Waals surface area contributed by atoms with E-state index in [1.165, 1.54) is 6.07 Å². The molecule has 0 fully saturated rings. The van der Waals surface area contributed by atoms with Crippen LogP contribution in [0, 0.1) is 0 Å². The number of amides is 1. The number of Topliss-reactive ketones (excluding diaryl/α,β-unsaturated/α-hetero) is 1. The highest BCUT2D eigenvalue weighted by Gasteiger charge is 2.30. The first-order valence-electron chi connectivity index (χ1n) is 11.7. The number of aryl methyl sites for hydroxylation is 1. The molecule has 37 heavy (non-hydrogen) atoms. The second kappa shape index (κ2) is 8.80. The third-order valence-corrected chi connectivity index (χ3v) is 6.32. The van der Waals surface area contributed by atoms with E-state index in [1.54, 1.807) is 30.5 Å². The highest BCUT2D eigenvalue weighted by Crippen LogP contribution is 2.39. The van der Waals surface area contributed by atoms with Crippen LogP contribution in [0.3, 0.4) is 0 Å². The van der Waals surface area contributed by atoms with E-state index in [-0.39, 0.29) is 28.8 Å². The van der Waals surface area contributed by atoms with Gasteiger partial charge in [0.1, 0.15) is 22.7 Å². The highest BCUT2D eigenvalue weighted by molar-refractivity contribution is 6.17. The minimum Gasteiger partial charge on any atom is -0.507 e. The Bertz CT molecular complexity index is 1740. The predicted molar refractivity (Wildman–Crippen MR) is 142 cm³/mol. The molecule has 3 aromatic carbocycles. The fourth-order valence-electron chi connectivity index (χ4n) is 4.60. The van der Waals surface area contributed by atoms with Crippen LogP contribution >= 0.6 is 0 Å². The number of benzene rings is 3. The van der Waals surface area contributed by atoms with Crippen LogP contribution in [0.5, 0.6) is 11.5 Å². The molecule has 0 bridgehead atoms. The molecule has 1 aliphatic heterocycles. The van der Waals surface area contributed by atoms with E-state index in [0.717, 1.165) is 27.8 Å². The van der Waals surface area contributed by atoms with E-state index >= 15 is 0 Å². The summed E-state index contributed by atoms with van der Waals surface area (Å²) in [7, 11) is 1.88. The molecule has 1 amide bonds. The molecule has 2 N–H and O–H groups in total. The molecule has 0 aliphatic carbocycles. The van der Waals surface area contributed by atoms with Gasteiger partial charge in [-0.3, -0.25) is 9.59 Å². The predicted octanol–water partition coefficient (Wildman–Crippen LogP) is 5.81. The van der Waals surface area contributed by atoms with Crippen LogP contribution in [0.1, 0.15) is 26.3 Å². The molecule has 5 aromatic rings. The van der Waals surface area contributed by atoms with Gasteiger partial charge < -0.3 is 19.7 Å². The lowest BCUT2D eigenvalue weighted by Gasteiger charge is -2.09. The van der Waals surface area contributed by atoms with E-state index in [2.05, 4.69) is 10.3 Å². The summed E-state index contributed by atoms with van der Waals surface area (Å²) < 4.78 is 7.66. The Morgan fingerprint density at radius 2 is 1.84 bits per heavy atom. The van der Waals surface area contributed by atoms with E-state index in [1.807, 2.05) is 72.4 Å². The number of para-hydroxylation sites is 1. The van der Waals surface area contributed by atoms with Crippen LogP contribution in [-0.2, 0) is 7.05 Å². The second-order valence-electron chi connectivity index (χ2n) is 8.74. The van der Waals surface area contributed by atoms with E-state index < -0.39 is 0 Å². The van der Waals surface area contributed by atoms with E-state index in [9.17, 15) is 14.7 Å². The molecule has 0 spiro atoms. The molecule has 3 heterocycles. The Morgan fingerprint density at radius 3 is 2.65 bits per heavy atom. The molecule has 0 radical (unpaired) electrons. The van der Waals surface area contributed by atoms with Gasteiger partial charge in [0.05, 0.1) is 0 Å². The Hall–Kier alpha value is -5.17. The number of nitrogens with one attached hydrogen (secondary N) is 1. The quantitative estimate of drug-likeness (QED) is 0.312. The van der Waals surface area contributed by atoms with Gasteiger partial charge in [-0.2, -0.15) is 0 Å². The zero-order valence-electron chi connectivity index (χ0n) is 19.8. The van der Waals surface area contributed by atoms with Gasteiger partial charge in [-0.05, 0) is 59.7 Å². The van der Waals surface area contributed by atoms with Crippen LogP contribution in [0.4, 0.5) is 5.69 Å². The number of ketones is 1. The van der Waals surface area contributed by atoms with Gasteiger partial charge in [0, 0.05) is 41.6 Å². The van der Waals surface area contributed by atoms with Gasteiger partial charge in [-0.15, -0.1) is 0 Å². The lowest BCUT2D eigenvalue weighted by atomic mass is 9.98. The number of aromatic hydroxyl groups is 1. The number of hydrogen-bond donors (Lipinski definition) is 2. The number of phenolic OH excluding ortho intramolecular Hbond substituents is 1. The van der Waals surface area contributed by atoms with Crippen molar-refractivity contribution >= 4 is 34.5 Å². The number of anilines is 1. The van der Waals surface area contributed by atoms with Crippen LogP contribution in [0.2, 0.25) is 0 Å². The first-order chi connectivity index (χ1) is 18.0. The van der Waals surface area contributed by atoms with Gasteiger partial charge in [-0.25, -0.2) is 4.98 Å².